The number of aliphatic hydroxyl groups excluding tert-OH is 1. The molecule has 112 valence electrons. The molecule has 0 radical (unpaired) electrons. The molecule has 0 bridgehead atoms. The number of rotatable bonds is 6. The van der Waals surface area contributed by atoms with Gasteiger partial charge >= 0.3 is 0 Å². The lowest BCUT2D eigenvalue weighted by Crippen LogP contribution is -2.20. The van der Waals surface area contributed by atoms with Gasteiger partial charge in [-0.2, -0.15) is 0 Å². The highest BCUT2D eigenvalue weighted by Gasteiger charge is 2.27. The average molecular weight is 276 g/mol. The van der Waals surface area contributed by atoms with Crippen molar-refractivity contribution < 1.29 is 9.84 Å². The zero-order chi connectivity index (χ0) is 14.4. The highest BCUT2D eigenvalue weighted by atomic mass is 16.5. The Hall–Kier alpha value is -1.02. The van der Waals surface area contributed by atoms with Gasteiger partial charge in [-0.3, -0.25) is 0 Å². The lowest BCUT2D eigenvalue weighted by molar-refractivity contribution is 0.0720. The molecule has 1 fully saturated rings. The summed E-state index contributed by atoms with van der Waals surface area (Å²) < 4.78 is 5.16. The van der Waals surface area contributed by atoms with Crippen LogP contribution in [0.1, 0.15) is 63.5 Å². The molecule has 0 aliphatic heterocycles. The van der Waals surface area contributed by atoms with Crippen LogP contribution in [0.5, 0.6) is 5.75 Å². The van der Waals surface area contributed by atoms with Gasteiger partial charge in [-0.25, -0.2) is 0 Å². The van der Waals surface area contributed by atoms with Gasteiger partial charge in [0.25, 0.3) is 0 Å². The fraction of sp³-hybridized carbons (Fsp3) is 0.667. The van der Waals surface area contributed by atoms with Crippen LogP contribution in [0.2, 0.25) is 0 Å². The largest absolute Gasteiger partial charge is 0.497 e. The molecule has 0 amide bonds. The molecule has 0 heterocycles. The Morgan fingerprint density at radius 2 is 1.80 bits per heavy atom. The SMILES string of the molecule is CCCCC1CCC(C(O)c2ccc(OC)cc2)CC1. The van der Waals surface area contributed by atoms with Crippen molar-refractivity contribution in [3.63, 3.8) is 0 Å². The van der Waals surface area contributed by atoms with E-state index < -0.39 is 0 Å². The van der Waals surface area contributed by atoms with Gasteiger partial charge in [0, 0.05) is 0 Å². The van der Waals surface area contributed by atoms with Gasteiger partial charge in [0.1, 0.15) is 5.75 Å². The first-order valence-electron chi connectivity index (χ1n) is 8.06. The summed E-state index contributed by atoms with van der Waals surface area (Å²) in [5.74, 6) is 2.18. The second-order valence-electron chi connectivity index (χ2n) is 6.14. The van der Waals surface area contributed by atoms with Crippen molar-refractivity contribution in [3.05, 3.63) is 29.8 Å². The zero-order valence-corrected chi connectivity index (χ0v) is 12.8. The molecule has 1 saturated carbocycles. The number of benzene rings is 1. The summed E-state index contributed by atoms with van der Waals surface area (Å²) in [5.41, 5.74) is 1.03. The van der Waals surface area contributed by atoms with Crippen molar-refractivity contribution in [1.29, 1.82) is 0 Å². The van der Waals surface area contributed by atoms with E-state index in [1.807, 2.05) is 24.3 Å². The molecule has 0 saturated heterocycles. The van der Waals surface area contributed by atoms with Crippen molar-refractivity contribution in [2.24, 2.45) is 11.8 Å². The molecule has 1 atom stereocenters. The van der Waals surface area contributed by atoms with E-state index in [0.29, 0.717) is 5.92 Å². The van der Waals surface area contributed by atoms with E-state index in [9.17, 15) is 5.11 Å². The Bertz CT molecular complexity index is 377. The summed E-state index contributed by atoms with van der Waals surface area (Å²) in [6.45, 7) is 2.26. The summed E-state index contributed by atoms with van der Waals surface area (Å²) in [6.07, 6.45) is 8.64. The molecule has 1 aromatic carbocycles. The van der Waals surface area contributed by atoms with Crippen LogP contribution in [0.15, 0.2) is 24.3 Å². The first-order valence-corrected chi connectivity index (χ1v) is 8.06. The van der Waals surface area contributed by atoms with Crippen molar-refractivity contribution in [2.75, 3.05) is 7.11 Å². The summed E-state index contributed by atoms with van der Waals surface area (Å²) in [6, 6.07) is 7.86. The van der Waals surface area contributed by atoms with Crippen LogP contribution in [0.4, 0.5) is 0 Å². The molecule has 2 heteroatoms. The van der Waals surface area contributed by atoms with Crippen LogP contribution >= 0.6 is 0 Å². The standard InChI is InChI=1S/C18H28O2/c1-3-4-5-14-6-8-15(9-7-14)18(19)16-10-12-17(20-2)13-11-16/h10-15,18-19H,3-9H2,1-2H3. The van der Waals surface area contributed by atoms with E-state index in [-0.39, 0.29) is 6.10 Å². The third-order valence-corrected chi connectivity index (χ3v) is 4.76. The van der Waals surface area contributed by atoms with E-state index in [2.05, 4.69) is 6.92 Å². The van der Waals surface area contributed by atoms with Crippen LogP contribution in [0.3, 0.4) is 0 Å². The van der Waals surface area contributed by atoms with E-state index in [1.54, 1.807) is 7.11 Å². The first-order chi connectivity index (χ1) is 9.74. The second-order valence-corrected chi connectivity index (χ2v) is 6.14. The summed E-state index contributed by atoms with van der Waals surface area (Å²) in [7, 11) is 1.67. The van der Waals surface area contributed by atoms with E-state index in [0.717, 1.165) is 17.2 Å². The Morgan fingerprint density at radius 3 is 2.35 bits per heavy atom. The molecule has 0 spiro atoms. The number of hydrogen-bond acceptors (Lipinski definition) is 2. The summed E-state index contributed by atoms with van der Waals surface area (Å²) in [5, 5.41) is 10.5. The Balaban J connectivity index is 1.85. The maximum absolute atomic E-state index is 10.5. The molecular weight excluding hydrogens is 248 g/mol. The minimum atomic E-state index is -0.312. The number of ether oxygens (including phenoxy) is 1. The van der Waals surface area contributed by atoms with E-state index >= 15 is 0 Å². The second kappa shape index (κ2) is 7.68. The first kappa shape index (κ1) is 15.4. The Kier molecular flexibility index (Phi) is 5.90. The fourth-order valence-corrected chi connectivity index (χ4v) is 3.36. The third-order valence-electron chi connectivity index (χ3n) is 4.76. The van der Waals surface area contributed by atoms with E-state index in [4.69, 9.17) is 4.74 Å². The molecule has 1 aromatic rings. The number of unbranched alkanes of at least 4 members (excludes halogenated alkanes) is 1. The molecule has 0 aromatic heterocycles. The van der Waals surface area contributed by atoms with Crippen molar-refractivity contribution in [3.8, 4) is 5.75 Å². The minimum absolute atomic E-state index is 0.312. The maximum atomic E-state index is 10.5. The van der Waals surface area contributed by atoms with Crippen molar-refractivity contribution in [2.45, 2.75) is 58.0 Å². The van der Waals surface area contributed by atoms with Gasteiger partial charge in [-0.05, 0) is 42.4 Å². The predicted molar refractivity (Wildman–Crippen MR) is 82.9 cm³/mol. The van der Waals surface area contributed by atoms with E-state index in [1.165, 1.54) is 44.9 Å². The monoisotopic (exact) mass is 276 g/mol. The number of methoxy groups -OCH3 is 1. The highest BCUT2D eigenvalue weighted by molar-refractivity contribution is 5.28. The highest BCUT2D eigenvalue weighted by Crippen LogP contribution is 2.38. The van der Waals surface area contributed by atoms with Gasteiger partial charge in [0.05, 0.1) is 13.2 Å². The lowest BCUT2D eigenvalue weighted by atomic mass is 9.76. The van der Waals surface area contributed by atoms with Crippen LogP contribution in [0, 0.1) is 11.8 Å². The smallest absolute Gasteiger partial charge is 0.118 e. The molecule has 2 nitrogen and oxygen atoms in total. The molecule has 20 heavy (non-hydrogen) atoms. The molecule has 1 aliphatic rings. The minimum Gasteiger partial charge on any atom is -0.497 e. The molecule has 1 unspecified atom stereocenters. The predicted octanol–water partition coefficient (Wildman–Crippen LogP) is 4.73. The summed E-state index contributed by atoms with van der Waals surface area (Å²) in [4.78, 5) is 0. The molecule has 1 aliphatic carbocycles. The van der Waals surface area contributed by atoms with Crippen molar-refractivity contribution in [1.82, 2.24) is 0 Å². The van der Waals surface area contributed by atoms with Gasteiger partial charge in [0.15, 0.2) is 0 Å². The number of aliphatic hydroxyl groups is 1. The van der Waals surface area contributed by atoms with Gasteiger partial charge in [0.2, 0.25) is 0 Å². The Morgan fingerprint density at radius 1 is 1.15 bits per heavy atom. The maximum Gasteiger partial charge on any atom is 0.118 e. The van der Waals surface area contributed by atoms with Crippen molar-refractivity contribution >= 4 is 0 Å². The molecule has 1 N–H and O–H groups in total. The fourth-order valence-electron chi connectivity index (χ4n) is 3.36. The van der Waals surface area contributed by atoms with Crippen LogP contribution < -0.4 is 4.74 Å². The van der Waals surface area contributed by atoms with Gasteiger partial charge < -0.3 is 9.84 Å². The summed E-state index contributed by atoms with van der Waals surface area (Å²) >= 11 is 0. The Labute approximate surface area is 123 Å². The van der Waals surface area contributed by atoms with Crippen LogP contribution in [-0.2, 0) is 0 Å². The quantitative estimate of drug-likeness (QED) is 0.814. The molecule has 2 rings (SSSR count). The zero-order valence-electron chi connectivity index (χ0n) is 12.8. The third kappa shape index (κ3) is 3.99. The van der Waals surface area contributed by atoms with Gasteiger partial charge in [-0.1, -0.05) is 51.2 Å². The van der Waals surface area contributed by atoms with Crippen LogP contribution in [0.25, 0.3) is 0 Å². The number of hydrogen-bond donors (Lipinski definition) is 1. The lowest BCUT2D eigenvalue weighted by Gasteiger charge is -2.31. The van der Waals surface area contributed by atoms with Gasteiger partial charge in [-0.15, -0.1) is 0 Å². The molecular formula is C18H28O2. The average Bonchev–Trinajstić information content (AvgIpc) is 2.53. The topological polar surface area (TPSA) is 29.5 Å². The normalized spacial score (nSPS) is 24.4. The van der Waals surface area contributed by atoms with Crippen LogP contribution in [-0.4, -0.2) is 12.2 Å².